The number of aliphatic carboxylic acids is 1. The molecule has 1 aliphatic carbocycles. The number of rotatable bonds is 8. The molecule has 0 aromatic heterocycles. The number of aliphatic hydroxyl groups excluding tert-OH is 1. The largest absolute Gasteiger partial charge is 0.481 e. The first kappa shape index (κ1) is 19.8. The van der Waals surface area contributed by atoms with E-state index in [-0.39, 0.29) is 30.3 Å². The molecule has 5 atom stereocenters. The molecule has 1 rings (SSSR count). The lowest BCUT2D eigenvalue weighted by molar-refractivity contribution is -0.145. The van der Waals surface area contributed by atoms with Crippen molar-refractivity contribution in [1.29, 1.82) is 0 Å². The first-order valence-corrected chi connectivity index (χ1v) is 8.18. The molecule has 0 aromatic carbocycles. The fourth-order valence-corrected chi connectivity index (χ4v) is 3.77. The molecule has 8 heteroatoms. The Kier molecular flexibility index (Phi) is 7.40. The van der Waals surface area contributed by atoms with E-state index in [0.717, 1.165) is 12.8 Å². The predicted octanol–water partition coefficient (Wildman–Crippen LogP) is -0.832. The van der Waals surface area contributed by atoms with Crippen LogP contribution in [0.1, 0.15) is 40.0 Å². The molecule has 0 aliphatic heterocycles. The SMILES string of the molecule is CCC(CC)[C@H](NC(C)=O)[C@@H]1[C@H](O)[C@@H](C(=O)O)C[C@H]1NC(N)N. The average molecular weight is 330 g/mol. The number of nitrogens with two attached hydrogens (primary N) is 2. The third kappa shape index (κ3) is 4.87. The van der Waals surface area contributed by atoms with Gasteiger partial charge in [0.15, 0.2) is 0 Å². The average Bonchev–Trinajstić information content (AvgIpc) is 2.74. The van der Waals surface area contributed by atoms with Crippen LogP contribution in [0.4, 0.5) is 0 Å². The molecule has 1 fully saturated rings. The highest BCUT2D eigenvalue weighted by Gasteiger charge is 2.50. The minimum atomic E-state index is -1.07. The van der Waals surface area contributed by atoms with E-state index in [4.69, 9.17) is 11.5 Å². The van der Waals surface area contributed by atoms with Crippen molar-refractivity contribution >= 4 is 11.9 Å². The number of carbonyl (C=O) groups excluding carboxylic acids is 1. The standard InChI is InChI=1S/C15H30N4O4/c1-4-8(5-2)12(18-7(3)20)11-10(19-15(16)17)6-9(13(11)21)14(22)23/h8-13,15,19,21H,4-6,16-17H2,1-3H3,(H,18,20)(H,22,23)/t9-,10+,11+,12-,13+/m0/s1. The highest BCUT2D eigenvalue weighted by Crippen LogP contribution is 2.37. The molecule has 1 amide bonds. The summed E-state index contributed by atoms with van der Waals surface area (Å²) < 4.78 is 0. The van der Waals surface area contributed by atoms with Crippen molar-refractivity contribution in [2.24, 2.45) is 29.2 Å². The summed E-state index contributed by atoms with van der Waals surface area (Å²) in [7, 11) is 0. The zero-order valence-electron chi connectivity index (χ0n) is 14.0. The maximum Gasteiger partial charge on any atom is 0.309 e. The first-order chi connectivity index (χ1) is 10.7. The van der Waals surface area contributed by atoms with Crippen LogP contribution in [0.15, 0.2) is 0 Å². The smallest absolute Gasteiger partial charge is 0.309 e. The van der Waals surface area contributed by atoms with Gasteiger partial charge in [-0.1, -0.05) is 26.7 Å². The number of aliphatic hydroxyl groups is 1. The van der Waals surface area contributed by atoms with Gasteiger partial charge in [0.2, 0.25) is 5.91 Å². The topological polar surface area (TPSA) is 151 Å². The second-order valence-electron chi connectivity index (χ2n) is 6.35. The lowest BCUT2D eigenvalue weighted by atomic mass is 9.80. The van der Waals surface area contributed by atoms with Crippen molar-refractivity contribution in [3.8, 4) is 0 Å². The van der Waals surface area contributed by atoms with E-state index in [9.17, 15) is 19.8 Å². The van der Waals surface area contributed by atoms with E-state index in [0.29, 0.717) is 0 Å². The van der Waals surface area contributed by atoms with Crippen LogP contribution in [0.25, 0.3) is 0 Å². The maximum absolute atomic E-state index is 11.6. The molecule has 0 spiro atoms. The van der Waals surface area contributed by atoms with E-state index in [1.165, 1.54) is 6.92 Å². The van der Waals surface area contributed by atoms with Crippen LogP contribution < -0.4 is 22.1 Å². The van der Waals surface area contributed by atoms with Gasteiger partial charge >= 0.3 is 5.97 Å². The molecule has 0 bridgehead atoms. The van der Waals surface area contributed by atoms with Crippen molar-refractivity contribution in [2.45, 2.75) is 64.5 Å². The van der Waals surface area contributed by atoms with Gasteiger partial charge in [-0.25, -0.2) is 0 Å². The Morgan fingerprint density at radius 1 is 1.26 bits per heavy atom. The van der Waals surface area contributed by atoms with Crippen LogP contribution in [0, 0.1) is 17.8 Å². The summed E-state index contributed by atoms with van der Waals surface area (Å²) in [5.74, 6) is -2.49. The molecule has 0 saturated heterocycles. The van der Waals surface area contributed by atoms with E-state index in [1.54, 1.807) is 0 Å². The normalized spacial score (nSPS) is 29.0. The lowest BCUT2D eigenvalue weighted by Crippen LogP contribution is -2.57. The molecule has 23 heavy (non-hydrogen) atoms. The van der Waals surface area contributed by atoms with Gasteiger partial charge in [-0.2, -0.15) is 0 Å². The highest BCUT2D eigenvalue weighted by molar-refractivity contribution is 5.74. The second kappa shape index (κ2) is 8.58. The Morgan fingerprint density at radius 2 is 1.83 bits per heavy atom. The van der Waals surface area contributed by atoms with Crippen LogP contribution in [0.3, 0.4) is 0 Å². The van der Waals surface area contributed by atoms with E-state index in [1.807, 2.05) is 13.8 Å². The van der Waals surface area contributed by atoms with Crippen molar-refractivity contribution in [2.75, 3.05) is 0 Å². The molecule has 8 nitrogen and oxygen atoms in total. The number of amides is 1. The van der Waals surface area contributed by atoms with Gasteiger partial charge in [-0.3, -0.25) is 14.9 Å². The van der Waals surface area contributed by atoms with Gasteiger partial charge in [0.1, 0.15) is 6.29 Å². The van der Waals surface area contributed by atoms with Gasteiger partial charge in [0.25, 0.3) is 0 Å². The molecular weight excluding hydrogens is 300 g/mol. The molecule has 1 aliphatic rings. The first-order valence-electron chi connectivity index (χ1n) is 8.18. The molecule has 0 radical (unpaired) electrons. The number of carboxylic acid groups (broad SMARTS) is 1. The highest BCUT2D eigenvalue weighted by atomic mass is 16.4. The number of hydrogen-bond acceptors (Lipinski definition) is 6. The summed E-state index contributed by atoms with van der Waals surface area (Å²) in [6, 6.07) is -0.707. The fraction of sp³-hybridized carbons (Fsp3) is 0.867. The minimum Gasteiger partial charge on any atom is -0.481 e. The van der Waals surface area contributed by atoms with Gasteiger partial charge in [0, 0.05) is 24.9 Å². The summed E-state index contributed by atoms with van der Waals surface area (Å²) >= 11 is 0. The Hall–Kier alpha value is -1.22. The van der Waals surface area contributed by atoms with Gasteiger partial charge < -0.3 is 27.0 Å². The predicted molar refractivity (Wildman–Crippen MR) is 86.0 cm³/mol. The Morgan fingerprint density at radius 3 is 2.22 bits per heavy atom. The van der Waals surface area contributed by atoms with Crippen LogP contribution >= 0.6 is 0 Å². The summed E-state index contributed by atoms with van der Waals surface area (Å²) in [4.78, 5) is 23.0. The van der Waals surface area contributed by atoms with Crippen LogP contribution in [-0.2, 0) is 9.59 Å². The number of carbonyl (C=O) groups is 2. The number of nitrogens with one attached hydrogen (secondary N) is 2. The van der Waals surface area contributed by atoms with Crippen LogP contribution in [0.2, 0.25) is 0 Å². The minimum absolute atomic E-state index is 0.129. The molecule has 8 N–H and O–H groups in total. The zero-order chi connectivity index (χ0) is 17.7. The Bertz CT molecular complexity index is 414. The van der Waals surface area contributed by atoms with Gasteiger partial charge in [-0.05, 0) is 12.3 Å². The summed E-state index contributed by atoms with van der Waals surface area (Å²) in [6.45, 7) is 5.44. The summed E-state index contributed by atoms with van der Waals surface area (Å²) in [5, 5.41) is 25.8. The summed E-state index contributed by atoms with van der Waals surface area (Å²) in [5.41, 5.74) is 11.2. The summed E-state index contributed by atoms with van der Waals surface area (Å²) in [6.07, 6.45) is -0.0428. The van der Waals surface area contributed by atoms with Crippen LogP contribution in [0.5, 0.6) is 0 Å². The zero-order valence-corrected chi connectivity index (χ0v) is 14.0. The molecular formula is C15H30N4O4. The van der Waals surface area contributed by atoms with Crippen molar-refractivity contribution < 1.29 is 19.8 Å². The Labute approximate surface area is 137 Å². The molecule has 1 saturated carbocycles. The van der Waals surface area contributed by atoms with Crippen molar-refractivity contribution in [3.63, 3.8) is 0 Å². The number of hydrogen-bond donors (Lipinski definition) is 6. The fourth-order valence-electron chi connectivity index (χ4n) is 3.77. The molecule has 0 unspecified atom stereocenters. The maximum atomic E-state index is 11.6. The quantitative estimate of drug-likeness (QED) is 0.318. The molecule has 0 aromatic rings. The third-order valence-corrected chi connectivity index (χ3v) is 4.84. The van der Waals surface area contributed by atoms with Crippen molar-refractivity contribution in [3.05, 3.63) is 0 Å². The molecule has 0 heterocycles. The number of carboxylic acids is 1. The van der Waals surface area contributed by atoms with E-state index < -0.39 is 30.2 Å². The molecule has 134 valence electrons. The van der Waals surface area contributed by atoms with Crippen LogP contribution in [-0.4, -0.2) is 46.6 Å². The lowest BCUT2D eigenvalue weighted by Gasteiger charge is -2.37. The second-order valence-corrected chi connectivity index (χ2v) is 6.35. The van der Waals surface area contributed by atoms with Gasteiger partial charge in [-0.15, -0.1) is 0 Å². The van der Waals surface area contributed by atoms with E-state index >= 15 is 0 Å². The Balaban J connectivity index is 3.14. The third-order valence-electron chi connectivity index (χ3n) is 4.84. The van der Waals surface area contributed by atoms with Crippen molar-refractivity contribution in [1.82, 2.24) is 10.6 Å². The van der Waals surface area contributed by atoms with E-state index in [2.05, 4.69) is 10.6 Å². The monoisotopic (exact) mass is 330 g/mol. The van der Waals surface area contributed by atoms with Gasteiger partial charge in [0.05, 0.1) is 12.0 Å².